The van der Waals surface area contributed by atoms with E-state index in [1.54, 1.807) is 45.0 Å². The van der Waals surface area contributed by atoms with Gasteiger partial charge in [0.1, 0.15) is 5.60 Å². The highest BCUT2D eigenvalue weighted by atomic mass is 35.5. The third-order valence-corrected chi connectivity index (χ3v) is 3.00. The lowest BCUT2D eigenvalue weighted by atomic mass is 9.97. The van der Waals surface area contributed by atoms with E-state index in [0.29, 0.717) is 5.02 Å². The van der Waals surface area contributed by atoms with Crippen molar-refractivity contribution in [3.63, 3.8) is 0 Å². The molecule has 0 aliphatic carbocycles. The normalized spacial score (nSPS) is 14.6. The lowest BCUT2D eigenvalue weighted by molar-refractivity contribution is -0.160. The molecule has 120 valence electrons. The third-order valence-electron chi connectivity index (χ3n) is 2.74. The van der Waals surface area contributed by atoms with Crippen LogP contribution in [0.4, 0.5) is 4.39 Å². The highest BCUT2D eigenvalue weighted by Crippen LogP contribution is 2.25. The summed E-state index contributed by atoms with van der Waals surface area (Å²) in [5.74, 6) is -1.22. The number of hydrogen-bond acceptors (Lipinski definition) is 3. The van der Waals surface area contributed by atoms with E-state index >= 15 is 0 Å². The molecule has 0 saturated heterocycles. The summed E-state index contributed by atoms with van der Waals surface area (Å²) in [4.78, 5) is 16.6. The van der Waals surface area contributed by atoms with Gasteiger partial charge in [-0.05, 0) is 45.4 Å². The number of halogens is 2. The molecular formula is C17H21ClFNO2. The van der Waals surface area contributed by atoms with Crippen LogP contribution in [0.5, 0.6) is 0 Å². The van der Waals surface area contributed by atoms with Crippen LogP contribution in [0.15, 0.2) is 41.7 Å². The summed E-state index contributed by atoms with van der Waals surface area (Å²) in [5.41, 5.74) is -1.28. The Balaban J connectivity index is 3.03. The predicted octanol–water partition coefficient (Wildman–Crippen LogP) is 4.73. The molecule has 0 aromatic heterocycles. The summed E-state index contributed by atoms with van der Waals surface area (Å²) in [5, 5.41) is 0.601. The topological polar surface area (TPSA) is 38.7 Å². The number of ether oxygens (including phenoxy) is 1. The average molecular weight is 326 g/mol. The van der Waals surface area contributed by atoms with E-state index in [1.165, 1.54) is 13.1 Å². The average Bonchev–Trinajstić information content (AvgIpc) is 2.35. The first-order valence-electron chi connectivity index (χ1n) is 6.89. The van der Waals surface area contributed by atoms with E-state index in [2.05, 4.69) is 11.6 Å². The van der Waals surface area contributed by atoms with E-state index in [-0.39, 0.29) is 6.42 Å². The molecule has 5 heteroatoms. The minimum Gasteiger partial charge on any atom is -0.458 e. The zero-order valence-corrected chi connectivity index (χ0v) is 14.1. The molecule has 22 heavy (non-hydrogen) atoms. The Morgan fingerprint density at radius 3 is 2.32 bits per heavy atom. The number of aliphatic imine (C=N–C) groups is 1. The SMILES string of the molecule is C=C(F)CC(C)(N=Cc1ccc(Cl)cc1)C(=O)OC(C)(C)C. The summed E-state index contributed by atoms with van der Waals surface area (Å²) in [6, 6.07) is 6.93. The molecule has 0 aliphatic heterocycles. The number of carbonyl (C=O) groups is 1. The fourth-order valence-electron chi connectivity index (χ4n) is 1.70. The van der Waals surface area contributed by atoms with E-state index in [0.717, 1.165) is 5.56 Å². The van der Waals surface area contributed by atoms with Crippen LogP contribution < -0.4 is 0 Å². The number of nitrogens with zero attached hydrogens (tertiary/aromatic N) is 1. The summed E-state index contributed by atoms with van der Waals surface area (Å²) in [6.45, 7) is 9.99. The van der Waals surface area contributed by atoms with Crippen LogP contribution in [0.3, 0.4) is 0 Å². The van der Waals surface area contributed by atoms with Crippen LogP contribution in [-0.4, -0.2) is 23.3 Å². The number of rotatable bonds is 5. The second kappa shape index (κ2) is 7.05. The van der Waals surface area contributed by atoms with Crippen molar-refractivity contribution in [2.75, 3.05) is 0 Å². The van der Waals surface area contributed by atoms with Crippen molar-refractivity contribution < 1.29 is 13.9 Å². The van der Waals surface area contributed by atoms with Crippen molar-refractivity contribution in [3.05, 3.63) is 47.3 Å². The Hall–Kier alpha value is -1.68. The van der Waals surface area contributed by atoms with Crippen molar-refractivity contribution in [2.45, 2.75) is 45.3 Å². The molecule has 0 spiro atoms. The highest BCUT2D eigenvalue weighted by Gasteiger charge is 2.37. The first-order chi connectivity index (χ1) is 10.0. The van der Waals surface area contributed by atoms with Gasteiger partial charge in [-0.2, -0.15) is 0 Å². The van der Waals surface area contributed by atoms with Gasteiger partial charge in [0, 0.05) is 17.7 Å². The molecule has 0 aliphatic rings. The Kier molecular flexibility index (Phi) is 5.89. The fraction of sp³-hybridized carbons (Fsp3) is 0.412. The van der Waals surface area contributed by atoms with E-state index < -0.39 is 22.9 Å². The van der Waals surface area contributed by atoms with Crippen LogP contribution in [0, 0.1) is 0 Å². The lowest BCUT2D eigenvalue weighted by Gasteiger charge is -2.28. The van der Waals surface area contributed by atoms with E-state index in [1.807, 2.05) is 0 Å². The van der Waals surface area contributed by atoms with Gasteiger partial charge in [0.25, 0.3) is 0 Å². The molecule has 0 N–H and O–H groups in total. The molecule has 0 heterocycles. The summed E-state index contributed by atoms with van der Waals surface area (Å²) in [7, 11) is 0. The molecule has 1 aromatic carbocycles. The van der Waals surface area contributed by atoms with E-state index in [4.69, 9.17) is 16.3 Å². The van der Waals surface area contributed by atoms with Crippen molar-refractivity contribution in [1.29, 1.82) is 0 Å². The fourth-order valence-corrected chi connectivity index (χ4v) is 1.82. The number of benzene rings is 1. The van der Waals surface area contributed by atoms with Crippen molar-refractivity contribution >= 4 is 23.8 Å². The first-order valence-corrected chi connectivity index (χ1v) is 7.27. The van der Waals surface area contributed by atoms with Crippen molar-refractivity contribution in [2.24, 2.45) is 4.99 Å². The third kappa shape index (κ3) is 5.98. The second-order valence-corrected chi connectivity index (χ2v) is 6.72. The second-order valence-electron chi connectivity index (χ2n) is 6.28. The largest absolute Gasteiger partial charge is 0.458 e. The molecule has 0 bridgehead atoms. The molecule has 0 saturated carbocycles. The van der Waals surface area contributed by atoms with Crippen LogP contribution in [0.25, 0.3) is 0 Å². The molecule has 1 aromatic rings. The van der Waals surface area contributed by atoms with Gasteiger partial charge in [-0.3, -0.25) is 4.99 Å². The minimum absolute atomic E-state index is 0.230. The predicted molar refractivity (Wildman–Crippen MR) is 88.2 cm³/mol. The maximum Gasteiger partial charge on any atom is 0.334 e. The number of carbonyl (C=O) groups excluding carboxylic acids is 1. The maximum absolute atomic E-state index is 13.3. The van der Waals surface area contributed by atoms with Crippen LogP contribution in [-0.2, 0) is 9.53 Å². The lowest BCUT2D eigenvalue weighted by Crippen LogP contribution is -2.40. The molecule has 1 atom stereocenters. The Morgan fingerprint density at radius 1 is 1.32 bits per heavy atom. The molecule has 0 fully saturated rings. The number of esters is 1. The molecule has 0 radical (unpaired) electrons. The quantitative estimate of drug-likeness (QED) is 0.579. The van der Waals surface area contributed by atoms with Crippen LogP contribution >= 0.6 is 11.6 Å². The summed E-state index contributed by atoms with van der Waals surface area (Å²) >= 11 is 5.81. The van der Waals surface area contributed by atoms with Gasteiger partial charge in [0.15, 0.2) is 5.54 Å². The zero-order valence-electron chi connectivity index (χ0n) is 13.3. The van der Waals surface area contributed by atoms with Crippen molar-refractivity contribution in [1.82, 2.24) is 0 Å². The Labute approximate surface area is 135 Å². The van der Waals surface area contributed by atoms with Gasteiger partial charge >= 0.3 is 5.97 Å². The van der Waals surface area contributed by atoms with Crippen molar-refractivity contribution in [3.8, 4) is 0 Å². The van der Waals surface area contributed by atoms with Crippen LogP contribution in [0.1, 0.15) is 39.7 Å². The zero-order chi connectivity index (χ0) is 17.0. The monoisotopic (exact) mass is 325 g/mol. The van der Waals surface area contributed by atoms with Gasteiger partial charge in [0.2, 0.25) is 0 Å². The van der Waals surface area contributed by atoms with E-state index in [9.17, 15) is 9.18 Å². The smallest absolute Gasteiger partial charge is 0.334 e. The molecule has 3 nitrogen and oxygen atoms in total. The van der Waals surface area contributed by atoms with Gasteiger partial charge in [-0.15, -0.1) is 0 Å². The summed E-state index contributed by atoms with van der Waals surface area (Å²) in [6.07, 6.45) is 1.27. The van der Waals surface area contributed by atoms with Gasteiger partial charge in [-0.1, -0.05) is 30.3 Å². The molecule has 1 rings (SSSR count). The Morgan fingerprint density at radius 2 is 1.86 bits per heavy atom. The Bertz CT molecular complexity index is 575. The molecule has 0 amide bonds. The van der Waals surface area contributed by atoms with Gasteiger partial charge in [-0.25, -0.2) is 9.18 Å². The molecular weight excluding hydrogens is 305 g/mol. The minimum atomic E-state index is -1.36. The number of hydrogen-bond donors (Lipinski definition) is 0. The maximum atomic E-state index is 13.3. The summed E-state index contributed by atoms with van der Waals surface area (Å²) < 4.78 is 18.6. The van der Waals surface area contributed by atoms with Crippen LogP contribution in [0.2, 0.25) is 5.02 Å². The van der Waals surface area contributed by atoms with Gasteiger partial charge < -0.3 is 4.74 Å². The first kappa shape index (κ1) is 18.4. The highest BCUT2D eigenvalue weighted by molar-refractivity contribution is 6.30. The standard InChI is InChI=1S/C17H21ClFNO2/c1-12(19)10-17(5,15(21)22-16(2,3)4)20-11-13-6-8-14(18)9-7-13/h6-9,11H,1,10H2,2-5H3. The van der Waals surface area contributed by atoms with Gasteiger partial charge in [0.05, 0.1) is 5.83 Å². The molecule has 1 unspecified atom stereocenters.